The van der Waals surface area contributed by atoms with E-state index in [1.165, 1.54) is 0 Å². The third-order valence-electron chi connectivity index (χ3n) is 4.47. The van der Waals surface area contributed by atoms with Crippen LogP contribution in [0.25, 0.3) is 0 Å². The number of ether oxygens (including phenoxy) is 2. The summed E-state index contributed by atoms with van der Waals surface area (Å²) < 4.78 is 11.3. The molecule has 1 heterocycles. The molecule has 0 radical (unpaired) electrons. The first-order valence-electron chi connectivity index (χ1n) is 8.44. The third-order valence-corrected chi connectivity index (χ3v) is 5.21. The molecule has 25 heavy (non-hydrogen) atoms. The Kier molecular flexibility index (Phi) is 7.97. The molecule has 1 aromatic rings. The van der Waals surface area contributed by atoms with Crippen molar-refractivity contribution in [2.24, 2.45) is 0 Å². The summed E-state index contributed by atoms with van der Waals surface area (Å²) in [6.45, 7) is 0.571. The van der Waals surface area contributed by atoms with Gasteiger partial charge < -0.3 is 19.7 Å². The molecule has 1 aliphatic heterocycles. The minimum absolute atomic E-state index is 0.0401. The Hall–Kier alpha value is -0.850. The molecule has 7 heteroatoms. The average Bonchev–Trinajstić information content (AvgIpc) is 2.57. The van der Waals surface area contributed by atoms with Gasteiger partial charge in [0.05, 0.1) is 22.6 Å². The second kappa shape index (κ2) is 9.74. The Bertz CT molecular complexity index is 583. The highest BCUT2D eigenvalue weighted by molar-refractivity contribution is 6.42. The van der Waals surface area contributed by atoms with E-state index in [9.17, 15) is 4.79 Å². The number of amides is 1. The van der Waals surface area contributed by atoms with Gasteiger partial charge in [-0.1, -0.05) is 29.3 Å². The van der Waals surface area contributed by atoms with Gasteiger partial charge in [0, 0.05) is 26.1 Å². The second-order valence-electron chi connectivity index (χ2n) is 6.58. The molecule has 0 saturated carbocycles. The van der Waals surface area contributed by atoms with Crippen molar-refractivity contribution in [3.8, 4) is 0 Å². The van der Waals surface area contributed by atoms with E-state index >= 15 is 0 Å². The molecule has 0 aromatic heterocycles. The molecule has 3 atom stereocenters. The van der Waals surface area contributed by atoms with Crippen molar-refractivity contribution in [3.63, 3.8) is 0 Å². The molecule has 0 spiro atoms. The van der Waals surface area contributed by atoms with Gasteiger partial charge in [-0.05, 0) is 44.6 Å². The quantitative estimate of drug-likeness (QED) is 0.779. The first-order chi connectivity index (χ1) is 11.9. The van der Waals surface area contributed by atoms with Crippen molar-refractivity contribution in [1.82, 2.24) is 10.2 Å². The molecule has 1 fully saturated rings. The zero-order chi connectivity index (χ0) is 18.4. The van der Waals surface area contributed by atoms with E-state index in [1.54, 1.807) is 19.2 Å². The first-order valence-corrected chi connectivity index (χ1v) is 9.20. The first kappa shape index (κ1) is 20.5. The van der Waals surface area contributed by atoms with Crippen LogP contribution in [0, 0.1) is 0 Å². The molecule has 1 amide bonds. The largest absolute Gasteiger partial charge is 0.356 e. The molecule has 0 aliphatic carbocycles. The van der Waals surface area contributed by atoms with E-state index < -0.39 is 0 Å². The molecule has 1 unspecified atom stereocenters. The maximum Gasteiger partial charge on any atom is 0.224 e. The number of hydrogen-bond donors (Lipinski definition) is 1. The van der Waals surface area contributed by atoms with Gasteiger partial charge in [0.2, 0.25) is 5.91 Å². The Balaban J connectivity index is 1.77. The average molecular weight is 389 g/mol. The van der Waals surface area contributed by atoms with Crippen LogP contribution in [0.2, 0.25) is 10.0 Å². The summed E-state index contributed by atoms with van der Waals surface area (Å²) in [5.41, 5.74) is 0.841. The van der Waals surface area contributed by atoms with Gasteiger partial charge >= 0.3 is 0 Å². The lowest BCUT2D eigenvalue weighted by Crippen LogP contribution is -2.44. The van der Waals surface area contributed by atoms with Crippen LogP contribution in [0.3, 0.4) is 0 Å². The van der Waals surface area contributed by atoms with Crippen molar-refractivity contribution in [1.29, 1.82) is 0 Å². The highest BCUT2D eigenvalue weighted by Crippen LogP contribution is 2.25. The fraction of sp³-hybridized carbons (Fsp3) is 0.611. The van der Waals surface area contributed by atoms with Crippen molar-refractivity contribution >= 4 is 29.1 Å². The molecule has 2 rings (SSSR count). The highest BCUT2D eigenvalue weighted by Gasteiger charge is 2.30. The predicted molar refractivity (Wildman–Crippen MR) is 100 cm³/mol. The van der Waals surface area contributed by atoms with Crippen molar-refractivity contribution in [2.45, 2.75) is 44.1 Å². The van der Waals surface area contributed by atoms with Gasteiger partial charge in [-0.3, -0.25) is 4.79 Å². The summed E-state index contributed by atoms with van der Waals surface area (Å²) in [5, 5.41) is 3.89. The standard InChI is InChI=1S/C18H26Cl2N2O3/c1-22(2)13-10-14(25-18(11-13)24-3)6-7-21-17(23)9-12-4-5-15(19)16(20)8-12/h4-5,8,13-14,18H,6-7,9-11H2,1-3H3,(H,21,23)/t13-,14+,18?/m0/s1. The lowest BCUT2D eigenvalue weighted by atomic mass is 9.99. The molecular formula is C18H26Cl2N2O3. The van der Waals surface area contributed by atoms with Crippen molar-refractivity contribution < 1.29 is 14.3 Å². The molecule has 1 N–H and O–H groups in total. The van der Waals surface area contributed by atoms with E-state index in [1.807, 2.05) is 6.07 Å². The van der Waals surface area contributed by atoms with Gasteiger partial charge in [0.1, 0.15) is 0 Å². The maximum atomic E-state index is 12.1. The lowest BCUT2D eigenvalue weighted by Gasteiger charge is -2.37. The van der Waals surface area contributed by atoms with Crippen LogP contribution in [0.1, 0.15) is 24.8 Å². The number of hydrogen-bond acceptors (Lipinski definition) is 4. The monoisotopic (exact) mass is 388 g/mol. The summed E-state index contributed by atoms with van der Waals surface area (Å²) in [5.74, 6) is -0.0401. The van der Waals surface area contributed by atoms with E-state index in [0.29, 0.717) is 22.6 Å². The fourth-order valence-corrected chi connectivity index (χ4v) is 3.30. The summed E-state index contributed by atoms with van der Waals surface area (Å²) in [6.07, 6.45) is 2.74. The normalized spacial score (nSPS) is 23.7. The van der Waals surface area contributed by atoms with Crippen molar-refractivity contribution in [3.05, 3.63) is 33.8 Å². The number of nitrogens with zero attached hydrogens (tertiary/aromatic N) is 1. The number of rotatable bonds is 7. The van der Waals surface area contributed by atoms with Gasteiger partial charge in [0.15, 0.2) is 6.29 Å². The molecule has 0 bridgehead atoms. The van der Waals surface area contributed by atoms with Crippen LogP contribution in [0.4, 0.5) is 0 Å². The number of nitrogens with one attached hydrogen (secondary N) is 1. The maximum absolute atomic E-state index is 12.1. The van der Waals surface area contributed by atoms with Crippen LogP contribution in [-0.2, 0) is 20.7 Å². The minimum atomic E-state index is -0.182. The van der Waals surface area contributed by atoms with Crippen LogP contribution in [0.5, 0.6) is 0 Å². The SMILES string of the molecule is COC1C[C@@H](N(C)C)C[C@@H](CCNC(=O)Cc2ccc(Cl)c(Cl)c2)O1. The zero-order valence-electron chi connectivity index (χ0n) is 14.9. The van der Waals surface area contributed by atoms with E-state index in [-0.39, 0.29) is 24.7 Å². The second-order valence-corrected chi connectivity index (χ2v) is 7.39. The minimum Gasteiger partial charge on any atom is -0.356 e. The van der Waals surface area contributed by atoms with E-state index in [0.717, 1.165) is 24.8 Å². The Labute approximate surface area is 159 Å². The summed E-state index contributed by atoms with van der Waals surface area (Å²) in [6, 6.07) is 5.66. The zero-order valence-corrected chi connectivity index (χ0v) is 16.4. The van der Waals surface area contributed by atoms with E-state index in [4.69, 9.17) is 32.7 Å². The predicted octanol–water partition coefficient (Wildman–Crippen LogP) is 3.12. The Morgan fingerprint density at radius 1 is 1.32 bits per heavy atom. The van der Waals surface area contributed by atoms with Crippen LogP contribution in [0.15, 0.2) is 18.2 Å². The molecule has 1 saturated heterocycles. The molecule has 140 valence electrons. The van der Waals surface area contributed by atoms with Gasteiger partial charge in [0.25, 0.3) is 0 Å². The Morgan fingerprint density at radius 3 is 2.72 bits per heavy atom. The number of benzene rings is 1. The van der Waals surface area contributed by atoms with Gasteiger partial charge in [-0.25, -0.2) is 0 Å². The number of methoxy groups -OCH3 is 1. The van der Waals surface area contributed by atoms with Gasteiger partial charge in [-0.2, -0.15) is 0 Å². The van der Waals surface area contributed by atoms with Crippen LogP contribution in [-0.4, -0.2) is 57.0 Å². The van der Waals surface area contributed by atoms with Crippen LogP contribution >= 0.6 is 23.2 Å². The third kappa shape index (κ3) is 6.42. The molecular weight excluding hydrogens is 363 g/mol. The lowest BCUT2D eigenvalue weighted by molar-refractivity contribution is -0.194. The number of carbonyl (C=O) groups excluding carboxylic acids is 1. The molecule has 5 nitrogen and oxygen atoms in total. The van der Waals surface area contributed by atoms with Crippen LogP contribution < -0.4 is 5.32 Å². The smallest absolute Gasteiger partial charge is 0.224 e. The molecule has 1 aliphatic rings. The van der Waals surface area contributed by atoms with Gasteiger partial charge in [-0.15, -0.1) is 0 Å². The Morgan fingerprint density at radius 2 is 2.08 bits per heavy atom. The van der Waals surface area contributed by atoms with Crippen molar-refractivity contribution in [2.75, 3.05) is 27.7 Å². The number of halogens is 2. The van der Waals surface area contributed by atoms with E-state index in [2.05, 4.69) is 24.3 Å². The summed E-state index contributed by atoms with van der Waals surface area (Å²) in [4.78, 5) is 14.3. The highest BCUT2D eigenvalue weighted by atomic mass is 35.5. The topological polar surface area (TPSA) is 50.8 Å². The number of carbonyl (C=O) groups is 1. The summed E-state index contributed by atoms with van der Waals surface area (Å²) in [7, 11) is 5.80. The summed E-state index contributed by atoms with van der Waals surface area (Å²) >= 11 is 11.9. The molecule has 1 aromatic carbocycles. The fourth-order valence-electron chi connectivity index (χ4n) is 2.98.